The molecule has 2 nitrogen and oxygen atoms in total. The molecule has 0 amide bonds. The summed E-state index contributed by atoms with van der Waals surface area (Å²) in [5, 5.41) is 3.44. The number of hydrogen-bond acceptors (Lipinski definition) is 2. The Labute approximate surface area is 98.4 Å². The first kappa shape index (κ1) is 11.7. The summed E-state index contributed by atoms with van der Waals surface area (Å²) >= 11 is 0. The van der Waals surface area contributed by atoms with Crippen molar-refractivity contribution in [1.82, 2.24) is 5.32 Å². The van der Waals surface area contributed by atoms with E-state index in [-0.39, 0.29) is 0 Å². The molecule has 1 saturated carbocycles. The van der Waals surface area contributed by atoms with Gasteiger partial charge in [-0.2, -0.15) is 0 Å². The Kier molecular flexibility index (Phi) is 3.38. The molecule has 1 fully saturated rings. The second-order valence-corrected chi connectivity index (χ2v) is 5.62. The van der Waals surface area contributed by atoms with Gasteiger partial charge in [-0.1, -0.05) is 26.7 Å². The fourth-order valence-corrected chi connectivity index (χ4v) is 3.15. The molecular weight excluding hydrogens is 198 g/mol. The molecule has 1 heterocycles. The molecule has 1 aromatic heterocycles. The van der Waals surface area contributed by atoms with Crippen LogP contribution in [-0.4, -0.2) is 7.05 Å². The molecule has 2 heteroatoms. The van der Waals surface area contributed by atoms with E-state index < -0.39 is 0 Å². The zero-order chi connectivity index (χ0) is 11.6. The molecule has 0 bridgehead atoms. The van der Waals surface area contributed by atoms with Crippen molar-refractivity contribution in [1.29, 1.82) is 0 Å². The first-order valence-corrected chi connectivity index (χ1v) is 6.36. The van der Waals surface area contributed by atoms with Gasteiger partial charge in [0.2, 0.25) is 0 Å². The van der Waals surface area contributed by atoms with Crippen LogP contribution in [0.4, 0.5) is 0 Å². The van der Waals surface area contributed by atoms with Gasteiger partial charge in [0.1, 0.15) is 5.76 Å². The van der Waals surface area contributed by atoms with Gasteiger partial charge in [-0.05, 0) is 43.4 Å². The van der Waals surface area contributed by atoms with Crippen LogP contribution in [-0.2, 0) is 0 Å². The summed E-state index contributed by atoms with van der Waals surface area (Å²) in [6.07, 6.45) is 7.14. The summed E-state index contributed by atoms with van der Waals surface area (Å²) in [7, 11) is 2.04. The number of hydrogen-bond donors (Lipinski definition) is 1. The minimum Gasteiger partial charge on any atom is -0.468 e. The zero-order valence-corrected chi connectivity index (χ0v) is 10.6. The maximum atomic E-state index is 5.57. The highest BCUT2D eigenvalue weighted by molar-refractivity contribution is 5.08. The summed E-state index contributed by atoms with van der Waals surface area (Å²) in [4.78, 5) is 0. The summed E-state index contributed by atoms with van der Waals surface area (Å²) in [6, 6.07) is 4.44. The molecule has 2 atom stereocenters. The Hall–Kier alpha value is -0.760. The Morgan fingerprint density at radius 2 is 2.25 bits per heavy atom. The smallest absolute Gasteiger partial charge is 0.120 e. The molecule has 16 heavy (non-hydrogen) atoms. The van der Waals surface area contributed by atoms with Crippen LogP contribution in [0.3, 0.4) is 0 Å². The molecule has 1 aromatic rings. The first-order valence-electron chi connectivity index (χ1n) is 6.36. The lowest BCUT2D eigenvalue weighted by atomic mass is 9.65. The number of rotatable bonds is 3. The SMILES string of the molecule is CNC(c1ccco1)C1CCCCC1(C)C. The van der Waals surface area contributed by atoms with E-state index in [9.17, 15) is 0 Å². The molecule has 1 aliphatic rings. The summed E-state index contributed by atoms with van der Waals surface area (Å²) < 4.78 is 5.57. The van der Waals surface area contributed by atoms with Crippen molar-refractivity contribution in [2.45, 2.75) is 45.6 Å². The predicted octanol–water partition coefficient (Wildman–Crippen LogP) is 3.76. The van der Waals surface area contributed by atoms with E-state index in [1.54, 1.807) is 6.26 Å². The molecule has 0 radical (unpaired) electrons. The zero-order valence-electron chi connectivity index (χ0n) is 10.6. The van der Waals surface area contributed by atoms with Crippen molar-refractivity contribution in [3.8, 4) is 0 Å². The van der Waals surface area contributed by atoms with Crippen molar-refractivity contribution < 1.29 is 4.42 Å². The number of nitrogens with one attached hydrogen (secondary N) is 1. The molecule has 0 spiro atoms. The molecule has 90 valence electrons. The minimum atomic E-state index is 0.366. The normalized spacial score (nSPS) is 26.6. The van der Waals surface area contributed by atoms with Gasteiger partial charge in [-0.15, -0.1) is 0 Å². The van der Waals surface area contributed by atoms with Crippen molar-refractivity contribution >= 4 is 0 Å². The maximum Gasteiger partial charge on any atom is 0.120 e. The van der Waals surface area contributed by atoms with E-state index in [1.165, 1.54) is 25.7 Å². The van der Waals surface area contributed by atoms with Gasteiger partial charge in [0, 0.05) is 0 Å². The second kappa shape index (κ2) is 4.62. The Morgan fingerprint density at radius 1 is 1.44 bits per heavy atom. The lowest BCUT2D eigenvalue weighted by Gasteiger charge is -2.42. The molecular formula is C14H23NO. The summed E-state index contributed by atoms with van der Waals surface area (Å²) in [5.41, 5.74) is 0.415. The van der Waals surface area contributed by atoms with Gasteiger partial charge in [-0.25, -0.2) is 0 Å². The van der Waals surface area contributed by atoms with Crippen LogP contribution in [0.2, 0.25) is 0 Å². The van der Waals surface area contributed by atoms with Crippen LogP contribution in [0.5, 0.6) is 0 Å². The third-order valence-corrected chi connectivity index (χ3v) is 4.15. The third kappa shape index (κ3) is 2.17. The Bertz CT molecular complexity index is 315. The summed E-state index contributed by atoms with van der Waals surface area (Å²) in [5.74, 6) is 1.76. The largest absolute Gasteiger partial charge is 0.468 e. The van der Waals surface area contributed by atoms with E-state index in [4.69, 9.17) is 4.42 Å². The van der Waals surface area contributed by atoms with Crippen LogP contribution >= 0.6 is 0 Å². The monoisotopic (exact) mass is 221 g/mol. The Balaban J connectivity index is 2.20. The van der Waals surface area contributed by atoms with Gasteiger partial charge >= 0.3 is 0 Å². The van der Waals surface area contributed by atoms with E-state index in [0.717, 1.165) is 5.76 Å². The van der Waals surface area contributed by atoms with Crippen molar-refractivity contribution in [3.63, 3.8) is 0 Å². The molecule has 0 saturated heterocycles. The lowest BCUT2D eigenvalue weighted by Crippen LogP contribution is -2.37. The van der Waals surface area contributed by atoms with Crippen LogP contribution in [0.1, 0.15) is 51.3 Å². The van der Waals surface area contributed by atoms with Crippen molar-refractivity contribution in [2.75, 3.05) is 7.05 Å². The lowest BCUT2D eigenvalue weighted by molar-refractivity contribution is 0.0925. The fourth-order valence-electron chi connectivity index (χ4n) is 3.15. The highest BCUT2D eigenvalue weighted by Crippen LogP contribution is 2.46. The van der Waals surface area contributed by atoms with Gasteiger partial charge in [0.15, 0.2) is 0 Å². The highest BCUT2D eigenvalue weighted by atomic mass is 16.3. The molecule has 0 aromatic carbocycles. The van der Waals surface area contributed by atoms with Gasteiger partial charge in [0.05, 0.1) is 12.3 Å². The standard InChI is InChI=1S/C14H23NO/c1-14(2)9-5-4-7-11(14)13(15-3)12-8-6-10-16-12/h6,8,10-11,13,15H,4-5,7,9H2,1-3H3. The predicted molar refractivity (Wildman–Crippen MR) is 66.2 cm³/mol. The Morgan fingerprint density at radius 3 is 2.81 bits per heavy atom. The average Bonchev–Trinajstić information content (AvgIpc) is 2.75. The fraction of sp³-hybridized carbons (Fsp3) is 0.714. The van der Waals surface area contributed by atoms with Crippen LogP contribution < -0.4 is 5.32 Å². The maximum absolute atomic E-state index is 5.57. The van der Waals surface area contributed by atoms with Gasteiger partial charge in [0.25, 0.3) is 0 Å². The van der Waals surface area contributed by atoms with E-state index in [2.05, 4.69) is 25.2 Å². The topological polar surface area (TPSA) is 25.2 Å². The first-order chi connectivity index (χ1) is 7.65. The van der Waals surface area contributed by atoms with Gasteiger partial charge in [-0.3, -0.25) is 0 Å². The quantitative estimate of drug-likeness (QED) is 0.840. The van der Waals surface area contributed by atoms with Crippen LogP contribution in [0.25, 0.3) is 0 Å². The van der Waals surface area contributed by atoms with Crippen molar-refractivity contribution in [3.05, 3.63) is 24.2 Å². The summed E-state index contributed by atoms with van der Waals surface area (Å²) in [6.45, 7) is 4.79. The average molecular weight is 221 g/mol. The van der Waals surface area contributed by atoms with Crippen LogP contribution in [0.15, 0.2) is 22.8 Å². The second-order valence-electron chi connectivity index (χ2n) is 5.62. The molecule has 2 unspecified atom stereocenters. The molecule has 1 N–H and O–H groups in total. The molecule has 2 rings (SSSR count). The third-order valence-electron chi connectivity index (χ3n) is 4.15. The van der Waals surface area contributed by atoms with E-state index in [0.29, 0.717) is 17.4 Å². The van der Waals surface area contributed by atoms with Crippen molar-refractivity contribution in [2.24, 2.45) is 11.3 Å². The molecule has 1 aliphatic carbocycles. The highest BCUT2D eigenvalue weighted by Gasteiger charge is 2.38. The van der Waals surface area contributed by atoms with E-state index in [1.807, 2.05) is 13.1 Å². The van der Waals surface area contributed by atoms with Crippen LogP contribution in [0, 0.1) is 11.3 Å². The van der Waals surface area contributed by atoms with E-state index >= 15 is 0 Å². The minimum absolute atomic E-state index is 0.366. The molecule has 0 aliphatic heterocycles. The van der Waals surface area contributed by atoms with Gasteiger partial charge < -0.3 is 9.73 Å². The number of furan rings is 1.